The summed E-state index contributed by atoms with van der Waals surface area (Å²) in [5, 5.41) is 2.72. The minimum Gasteiger partial charge on any atom is -0.370 e. The van der Waals surface area contributed by atoms with E-state index in [4.69, 9.17) is 0 Å². The maximum absolute atomic E-state index is 10.9. The van der Waals surface area contributed by atoms with Gasteiger partial charge in [0.05, 0.1) is 7.11 Å². The molecule has 0 saturated carbocycles. The second-order valence-corrected chi connectivity index (χ2v) is 4.15. The summed E-state index contributed by atoms with van der Waals surface area (Å²) in [5.74, 6) is -0.215. The first-order chi connectivity index (χ1) is 6.14. The smallest absolute Gasteiger partial charge is 0.285 e. The second kappa shape index (κ2) is 4.25. The molecule has 0 radical (unpaired) electrons. The van der Waals surface area contributed by atoms with Crippen LogP contribution in [0.3, 0.4) is 0 Å². The van der Waals surface area contributed by atoms with Crippen LogP contribution in [0.4, 0.5) is 5.69 Å². The van der Waals surface area contributed by atoms with Crippen LogP contribution in [0.15, 0.2) is 30.3 Å². The highest BCUT2D eigenvalue weighted by molar-refractivity contribution is 7.86. The van der Waals surface area contributed by atoms with Crippen molar-refractivity contribution < 1.29 is 12.6 Å². The van der Waals surface area contributed by atoms with E-state index in [0.717, 1.165) is 12.8 Å². The standard InChI is InChI=1S/C8H11NO3S/c1-12-13(10,11)7-9-8-5-3-2-4-6-8/h2-6,9H,7H2,1H3. The third kappa shape index (κ3) is 3.43. The van der Waals surface area contributed by atoms with Crippen molar-refractivity contribution >= 4 is 15.8 Å². The topological polar surface area (TPSA) is 55.4 Å². The van der Waals surface area contributed by atoms with Crippen LogP contribution in [-0.4, -0.2) is 21.4 Å². The predicted molar refractivity (Wildman–Crippen MR) is 50.9 cm³/mol. The fourth-order valence-electron chi connectivity index (χ4n) is 0.787. The van der Waals surface area contributed by atoms with Crippen LogP contribution in [-0.2, 0) is 14.3 Å². The molecule has 0 atom stereocenters. The Morgan fingerprint density at radius 1 is 1.31 bits per heavy atom. The summed E-state index contributed by atoms with van der Waals surface area (Å²) >= 11 is 0. The molecular formula is C8H11NO3S. The van der Waals surface area contributed by atoms with E-state index < -0.39 is 10.1 Å². The molecule has 0 aromatic heterocycles. The van der Waals surface area contributed by atoms with Crippen molar-refractivity contribution in [2.24, 2.45) is 0 Å². The van der Waals surface area contributed by atoms with E-state index >= 15 is 0 Å². The minimum absolute atomic E-state index is 0.215. The Balaban J connectivity index is 2.54. The quantitative estimate of drug-likeness (QED) is 0.739. The number of anilines is 1. The Bertz CT molecular complexity index is 347. The number of nitrogens with one attached hydrogen (secondary N) is 1. The van der Waals surface area contributed by atoms with Crippen LogP contribution in [0, 0.1) is 0 Å². The van der Waals surface area contributed by atoms with Crippen molar-refractivity contribution in [1.82, 2.24) is 0 Å². The van der Waals surface area contributed by atoms with Crippen LogP contribution in [0.2, 0.25) is 0 Å². The van der Waals surface area contributed by atoms with E-state index in [0.29, 0.717) is 0 Å². The summed E-state index contributed by atoms with van der Waals surface area (Å²) in [4.78, 5) is 0. The summed E-state index contributed by atoms with van der Waals surface area (Å²) in [6, 6.07) is 9.07. The summed E-state index contributed by atoms with van der Waals surface area (Å²) < 4.78 is 26.0. The molecule has 0 aliphatic carbocycles. The largest absolute Gasteiger partial charge is 0.370 e. The molecule has 1 N–H and O–H groups in total. The van der Waals surface area contributed by atoms with Gasteiger partial charge in [-0.3, -0.25) is 4.18 Å². The first kappa shape index (κ1) is 10.0. The van der Waals surface area contributed by atoms with Gasteiger partial charge in [0.15, 0.2) is 0 Å². The van der Waals surface area contributed by atoms with E-state index in [1.54, 1.807) is 12.1 Å². The van der Waals surface area contributed by atoms with Gasteiger partial charge < -0.3 is 5.32 Å². The van der Waals surface area contributed by atoms with Crippen LogP contribution in [0.25, 0.3) is 0 Å². The molecule has 0 heterocycles. The number of para-hydroxylation sites is 1. The SMILES string of the molecule is COS(=O)(=O)CNc1ccccc1. The lowest BCUT2D eigenvalue weighted by atomic mass is 10.3. The predicted octanol–water partition coefficient (Wildman–Crippen LogP) is 1.03. The normalized spacial score (nSPS) is 11.2. The average Bonchev–Trinajstić information content (AvgIpc) is 2.17. The Morgan fingerprint density at radius 3 is 2.46 bits per heavy atom. The van der Waals surface area contributed by atoms with Crippen molar-refractivity contribution in [3.8, 4) is 0 Å². The van der Waals surface area contributed by atoms with Gasteiger partial charge in [-0.1, -0.05) is 18.2 Å². The van der Waals surface area contributed by atoms with Gasteiger partial charge in [0, 0.05) is 5.69 Å². The molecule has 1 aromatic rings. The van der Waals surface area contributed by atoms with Crippen molar-refractivity contribution in [2.45, 2.75) is 0 Å². The van der Waals surface area contributed by atoms with Crippen molar-refractivity contribution in [3.63, 3.8) is 0 Å². The Labute approximate surface area is 77.7 Å². The van der Waals surface area contributed by atoms with E-state index in [-0.39, 0.29) is 5.88 Å². The first-order valence-electron chi connectivity index (χ1n) is 3.71. The number of hydrogen-bond acceptors (Lipinski definition) is 4. The van der Waals surface area contributed by atoms with E-state index in [1.165, 1.54) is 0 Å². The summed E-state index contributed by atoms with van der Waals surface area (Å²) in [6.07, 6.45) is 0. The fraction of sp³-hybridized carbons (Fsp3) is 0.250. The van der Waals surface area contributed by atoms with Gasteiger partial charge >= 0.3 is 0 Å². The van der Waals surface area contributed by atoms with Crippen LogP contribution >= 0.6 is 0 Å². The van der Waals surface area contributed by atoms with E-state index in [1.807, 2.05) is 18.2 Å². The maximum Gasteiger partial charge on any atom is 0.285 e. The molecule has 0 bridgehead atoms. The molecule has 0 aliphatic rings. The fourth-order valence-corrected chi connectivity index (χ4v) is 1.25. The molecule has 0 fully saturated rings. The highest BCUT2D eigenvalue weighted by Crippen LogP contribution is 2.05. The lowest BCUT2D eigenvalue weighted by Crippen LogP contribution is -2.15. The molecule has 5 heteroatoms. The molecule has 1 rings (SSSR count). The van der Waals surface area contributed by atoms with Crippen molar-refractivity contribution in [1.29, 1.82) is 0 Å². The third-order valence-corrected chi connectivity index (χ3v) is 2.49. The van der Waals surface area contributed by atoms with Crippen LogP contribution in [0.1, 0.15) is 0 Å². The Morgan fingerprint density at radius 2 is 1.92 bits per heavy atom. The van der Waals surface area contributed by atoms with Gasteiger partial charge in [-0.15, -0.1) is 0 Å². The Kier molecular flexibility index (Phi) is 3.27. The zero-order valence-corrected chi connectivity index (χ0v) is 8.04. The van der Waals surface area contributed by atoms with Gasteiger partial charge in [0.2, 0.25) is 0 Å². The lowest BCUT2D eigenvalue weighted by molar-refractivity contribution is 0.399. The van der Waals surface area contributed by atoms with E-state index in [9.17, 15) is 8.42 Å². The highest BCUT2D eigenvalue weighted by Gasteiger charge is 2.06. The Hall–Kier alpha value is -1.07. The van der Waals surface area contributed by atoms with Gasteiger partial charge in [-0.25, -0.2) is 0 Å². The summed E-state index contributed by atoms with van der Waals surface area (Å²) in [6.45, 7) is 0. The second-order valence-electron chi connectivity index (χ2n) is 2.41. The van der Waals surface area contributed by atoms with Gasteiger partial charge in [-0.05, 0) is 12.1 Å². The van der Waals surface area contributed by atoms with Crippen LogP contribution < -0.4 is 5.32 Å². The average molecular weight is 201 g/mol. The number of benzene rings is 1. The molecular weight excluding hydrogens is 190 g/mol. The lowest BCUT2D eigenvalue weighted by Gasteiger charge is -2.04. The molecule has 4 nitrogen and oxygen atoms in total. The zero-order chi connectivity index (χ0) is 9.73. The van der Waals surface area contributed by atoms with Crippen LogP contribution in [0.5, 0.6) is 0 Å². The molecule has 0 spiro atoms. The van der Waals surface area contributed by atoms with Gasteiger partial charge in [-0.2, -0.15) is 8.42 Å². The van der Waals surface area contributed by atoms with Crippen molar-refractivity contribution in [2.75, 3.05) is 18.3 Å². The molecule has 72 valence electrons. The molecule has 1 aromatic carbocycles. The number of rotatable bonds is 4. The monoisotopic (exact) mass is 201 g/mol. The summed E-state index contributed by atoms with van der Waals surface area (Å²) in [7, 11) is -2.29. The molecule has 0 unspecified atom stereocenters. The molecule has 0 amide bonds. The molecule has 0 saturated heterocycles. The first-order valence-corrected chi connectivity index (χ1v) is 5.29. The number of hydrogen-bond donors (Lipinski definition) is 1. The molecule has 0 aliphatic heterocycles. The molecule has 13 heavy (non-hydrogen) atoms. The van der Waals surface area contributed by atoms with Crippen molar-refractivity contribution in [3.05, 3.63) is 30.3 Å². The van der Waals surface area contributed by atoms with Gasteiger partial charge in [0.25, 0.3) is 10.1 Å². The zero-order valence-electron chi connectivity index (χ0n) is 7.23. The minimum atomic E-state index is -3.43. The van der Waals surface area contributed by atoms with E-state index in [2.05, 4.69) is 9.50 Å². The highest BCUT2D eigenvalue weighted by atomic mass is 32.2. The third-order valence-electron chi connectivity index (χ3n) is 1.48. The maximum atomic E-state index is 10.9. The van der Waals surface area contributed by atoms with Gasteiger partial charge in [0.1, 0.15) is 5.88 Å². The summed E-state index contributed by atoms with van der Waals surface area (Å²) in [5.41, 5.74) is 0.753.